The van der Waals surface area contributed by atoms with Crippen LogP contribution in [0.25, 0.3) is 22.3 Å². The van der Waals surface area contributed by atoms with Crippen LogP contribution in [0.3, 0.4) is 0 Å². The topological polar surface area (TPSA) is 89.8 Å². The van der Waals surface area contributed by atoms with Crippen molar-refractivity contribution in [1.29, 1.82) is 0 Å². The van der Waals surface area contributed by atoms with E-state index in [1.165, 1.54) is 17.5 Å². The molecular weight excluding hydrogens is 496 g/mol. The van der Waals surface area contributed by atoms with Crippen LogP contribution in [0.2, 0.25) is 5.28 Å². The van der Waals surface area contributed by atoms with E-state index < -0.39 is 0 Å². The van der Waals surface area contributed by atoms with Gasteiger partial charge in [-0.1, -0.05) is 29.8 Å². The first-order chi connectivity index (χ1) is 18.4. The molecule has 0 spiro atoms. The average Bonchev–Trinajstić information content (AvgIpc) is 3.61. The smallest absolute Gasteiger partial charge is 0.226 e. The maximum absolute atomic E-state index is 6.32. The molecular formula is C29H39ClN8. The number of anilines is 1. The molecule has 5 rings (SSSR count). The average molecular weight is 535 g/mol. The van der Waals surface area contributed by atoms with Gasteiger partial charge in [0, 0.05) is 37.6 Å². The quantitative estimate of drug-likeness (QED) is 0.211. The van der Waals surface area contributed by atoms with E-state index in [9.17, 15) is 0 Å². The minimum absolute atomic E-state index is 0.184. The highest BCUT2D eigenvalue weighted by molar-refractivity contribution is 6.29. The van der Waals surface area contributed by atoms with E-state index in [-0.39, 0.29) is 5.28 Å². The Labute approximate surface area is 230 Å². The molecule has 3 N–H and O–H groups in total. The van der Waals surface area contributed by atoms with Crippen LogP contribution in [0.5, 0.6) is 0 Å². The van der Waals surface area contributed by atoms with E-state index in [4.69, 9.17) is 17.3 Å². The van der Waals surface area contributed by atoms with Crippen molar-refractivity contribution in [2.24, 2.45) is 13.0 Å². The van der Waals surface area contributed by atoms with Gasteiger partial charge in [-0.2, -0.15) is 10.1 Å². The number of nitrogens with zero attached hydrogens (tertiary/aromatic N) is 6. The summed E-state index contributed by atoms with van der Waals surface area (Å²) in [5.41, 5.74) is 11.7. The lowest BCUT2D eigenvalue weighted by atomic mass is 10.1. The second-order valence-electron chi connectivity index (χ2n) is 10.8. The summed E-state index contributed by atoms with van der Waals surface area (Å²) < 4.78 is 4.06. The fourth-order valence-electron chi connectivity index (χ4n) is 5.76. The van der Waals surface area contributed by atoms with Crippen molar-refractivity contribution in [1.82, 2.24) is 34.5 Å². The van der Waals surface area contributed by atoms with Gasteiger partial charge in [0.2, 0.25) is 5.28 Å². The third kappa shape index (κ3) is 6.20. The second-order valence-corrected chi connectivity index (χ2v) is 11.2. The maximum Gasteiger partial charge on any atom is 0.226 e. The summed E-state index contributed by atoms with van der Waals surface area (Å²) in [6.45, 7) is 6.43. The van der Waals surface area contributed by atoms with Crippen molar-refractivity contribution in [2.45, 2.75) is 45.1 Å². The van der Waals surface area contributed by atoms with Crippen LogP contribution >= 0.6 is 11.6 Å². The van der Waals surface area contributed by atoms with Gasteiger partial charge in [-0.15, -0.1) is 0 Å². The van der Waals surface area contributed by atoms with E-state index in [0.717, 1.165) is 74.2 Å². The summed E-state index contributed by atoms with van der Waals surface area (Å²) in [5.74, 6) is 1.06. The number of hydrogen-bond acceptors (Lipinski definition) is 6. The van der Waals surface area contributed by atoms with E-state index >= 15 is 0 Å². The molecule has 38 heavy (non-hydrogen) atoms. The largest absolute Gasteiger partial charge is 0.383 e. The minimum atomic E-state index is 0.184. The van der Waals surface area contributed by atoms with Crippen LogP contribution in [-0.2, 0) is 13.5 Å². The first-order valence-electron chi connectivity index (χ1n) is 13.7. The zero-order valence-corrected chi connectivity index (χ0v) is 23.5. The Balaban J connectivity index is 1.13. The van der Waals surface area contributed by atoms with Crippen LogP contribution < -0.4 is 11.1 Å². The van der Waals surface area contributed by atoms with Gasteiger partial charge in [-0.3, -0.25) is 4.68 Å². The number of nitrogens with one attached hydrogen (secondary N) is 1. The Hall–Kier alpha value is -2.94. The Morgan fingerprint density at radius 1 is 1.13 bits per heavy atom. The highest BCUT2D eigenvalue weighted by atomic mass is 35.5. The third-order valence-corrected chi connectivity index (χ3v) is 7.91. The Morgan fingerprint density at radius 3 is 2.71 bits per heavy atom. The molecule has 0 amide bonds. The van der Waals surface area contributed by atoms with Gasteiger partial charge in [0.25, 0.3) is 0 Å². The lowest BCUT2D eigenvalue weighted by molar-refractivity contribution is 0.270. The van der Waals surface area contributed by atoms with Gasteiger partial charge in [-0.05, 0) is 94.9 Å². The van der Waals surface area contributed by atoms with Crippen molar-refractivity contribution in [3.05, 3.63) is 59.1 Å². The molecule has 9 heteroatoms. The fraction of sp³-hybridized carbons (Fsp3) is 0.483. The number of hydrogen-bond donors (Lipinski definition) is 2. The molecule has 0 saturated heterocycles. The van der Waals surface area contributed by atoms with Crippen LogP contribution in [0.1, 0.15) is 42.9 Å². The Morgan fingerprint density at radius 2 is 1.95 bits per heavy atom. The van der Waals surface area contributed by atoms with Gasteiger partial charge in [0.15, 0.2) is 0 Å². The highest BCUT2D eigenvalue weighted by Crippen LogP contribution is 2.41. The number of halogens is 1. The zero-order chi connectivity index (χ0) is 26.6. The standard InChI is InChI=1S/C29H39ClN8/c1-20-5-7-21(8-6-20)11-14-32-13-4-15-36(2)18-22-9-10-23(17-22)38-19-24(25-12-16-37(3)35-25)26-27(31)33-29(30)34-28(26)38/h5-8,12,16,19,22-23,32H,4,9-11,13-15,17-18H2,1-3H3,(H2,31,33,34)/t22?,23-/m0/s1. The lowest BCUT2D eigenvalue weighted by Crippen LogP contribution is -2.28. The summed E-state index contributed by atoms with van der Waals surface area (Å²) in [6, 6.07) is 11.2. The summed E-state index contributed by atoms with van der Waals surface area (Å²) in [5, 5.41) is 9.22. The summed E-state index contributed by atoms with van der Waals surface area (Å²) in [7, 11) is 4.16. The molecule has 1 unspecified atom stereocenters. The first kappa shape index (κ1) is 26.7. The van der Waals surface area contributed by atoms with Gasteiger partial charge >= 0.3 is 0 Å². The van der Waals surface area contributed by atoms with Crippen molar-refractivity contribution in [3.63, 3.8) is 0 Å². The monoisotopic (exact) mass is 534 g/mol. The number of benzene rings is 1. The van der Waals surface area contributed by atoms with E-state index in [2.05, 4.69) is 74.3 Å². The van der Waals surface area contributed by atoms with Gasteiger partial charge in [0.1, 0.15) is 11.5 Å². The van der Waals surface area contributed by atoms with Gasteiger partial charge in [-0.25, -0.2) is 4.98 Å². The van der Waals surface area contributed by atoms with E-state index in [0.29, 0.717) is 17.8 Å². The Kier molecular flexibility index (Phi) is 8.31. The van der Waals surface area contributed by atoms with Crippen LogP contribution in [0.4, 0.5) is 5.82 Å². The summed E-state index contributed by atoms with van der Waals surface area (Å²) in [6.07, 6.45) is 9.76. The molecule has 3 heterocycles. The highest BCUT2D eigenvalue weighted by Gasteiger charge is 2.29. The van der Waals surface area contributed by atoms with Crippen molar-refractivity contribution >= 4 is 28.5 Å². The van der Waals surface area contributed by atoms with Gasteiger partial charge < -0.3 is 20.5 Å². The number of aryl methyl sites for hydroxylation is 2. The number of nitrogen functional groups attached to an aromatic ring is 1. The maximum atomic E-state index is 6.32. The molecule has 202 valence electrons. The zero-order valence-electron chi connectivity index (χ0n) is 22.7. The molecule has 1 fully saturated rings. The lowest BCUT2D eigenvalue weighted by Gasteiger charge is -2.21. The fourth-order valence-corrected chi connectivity index (χ4v) is 5.94. The molecule has 1 aliphatic carbocycles. The molecule has 0 radical (unpaired) electrons. The predicted molar refractivity (Wildman–Crippen MR) is 155 cm³/mol. The van der Waals surface area contributed by atoms with Crippen molar-refractivity contribution < 1.29 is 0 Å². The normalized spacial score (nSPS) is 17.7. The van der Waals surface area contributed by atoms with Crippen molar-refractivity contribution in [3.8, 4) is 11.3 Å². The third-order valence-electron chi connectivity index (χ3n) is 7.74. The number of rotatable bonds is 11. The van der Waals surface area contributed by atoms with Crippen LogP contribution in [0.15, 0.2) is 42.7 Å². The minimum Gasteiger partial charge on any atom is -0.383 e. The van der Waals surface area contributed by atoms with Crippen LogP contribution in [0, 0.1) is 12.8 Å². The van der Waals surface area contributed by atoms with Crippen molar-refractivity contribution in [2.75, 3.05) is 39.0 Å². The molecule has 1 saturated carbocycles. The SMILES string of the molecule is Cc1ccc(CCNCCCN(C)CC2CC[C@H](n3cc(-c4ccn(C)n4)c4c(N)nc(Cl)nc43)C2)cc1. The molecule has 1 aliphatic rings. The summed E-state index contributed by atoms with van der Waals surface area (Å²) >= 11 is 6.23. The van der Waals surface area contributed by atoms with E-state index in [1.54, 1.807) is 4.68 Å². The molecule has 2 atom stereocenters. The molecule has 4 aromatic rings. The molecule has 0 aliphatic heterocycles. The molecule has 0 bridgehead atoms. The molecule has 1 aromatic carbocycles. The van der Waals surface area contributed by atoms with Crippen LogP contribution in [-0.4, -0.2) is 62.4 Å². The summed E-state index contributed by atoms with van der Waals surface area (Å²) in [4.78, 5) is 11.3. The number of nitrogens with two attached hydrogens (primary N) is 1. The predicted octanol–water partition coefficient (Wildman–Crippen LogP) is 4.87. The first-order valence-corrected chi connectivity index (χ1v) is 14.0. The second kappa shape index (κ2) is 11.8. The number of fused-ring (bicyclic) bond motifs is 1. The Bertz CT molecular complexity index is 1360. The van der Waals surface area contributed by atoms with Gasteiger partial charge in [0.05, 0.1) is 11.1 Å². The molecule has 3 aromatic heterocycles. The van der Waals surface area contributed by atoms with E-state index in [1.807, 2.05) is 19.3 Å². The molecule has 8 nitrogen and oxygen atoms in total. The number of aromatic nitrogens is 5.